The van der Waals surface area contributed by atoms with Crippen molar-refractivity contribution in [2.75, 3.05) is 42.8 Å². The van der Waals surface area contributed by atoms with Crippen LogP contribution in [0, 0.1) is 0 Å². The molecule has 2 heterocycles. The van der Waals surface area contributed by atoms with Crippen LogP contribution in [0.4, 0.5) is 11.6 Å². The minimum atomic E-state index is -3.11. The van der Waals surface area contributed by atoms with Crippen molar-refractivity contribution in [2.24, 2.45) is 5.84 Å². The molecule has 1 saturated heterocycles. The second-order valence-corrected chi connectivity index (χ2v) is 7.52. The van der Waals surface area contributed by atoms with Crippen LogP contribution in [0.25, 0.3) is 0 Å². The van der Waals surface area contributed by atoms with Crippen molar-refractivity contribution in [1.82, 2.24) is 14.3 Å². The van der Waals surface area contributed by atoms with Crippen LogP contribution >= 0.6 is 0 Å². The summed E-state index contributed by atoms with van der Waals surface area (Å²) in [4.78, 5) is 11.1. The lowest BCUT2D eigenvalue weighted by molar-refractivity contribution is 0.387. The standard InChI is InChI=1S/C12H20N6O2S/c1-21(19,20)18-6-4-17(5-7-18)11-8-10(16-13)14-12(15-11)9-2-3-9/h8-9H,2-7,13H2,1H3,(H,14,15,16). The van der Waals surface area contributed by atoms with Gasteiger partial charge in [-0.2, -0.15) is 4.31 Å². The molecule has 9 heteroatoms. The number of nitrogens with one attached hydrogen (secondary N) is 1. The van der Waals surface area contributed by atoms with E-state index in [0.29, 0.717) is 37.9 Å². The summed E-state index contributed by atoms with van der Waals surface area (Å²) in [6.07, 6.45) is 3.49. The first-order valence-electron chi connectivity index (χ1n) is 7.03. The fourth-order valence-electron chi connectivity index (χ4n) is 2.46. The molecule has 0 aromatic carbocycles. The van der Waals surface area contributed by atoms with Crippen molar-refractivity contribution in [3.63, 3.8) is 0 Å². The lowest BCUT2D eigenvalue weighted by Crippen LogP contribution is -2.48. The molecule has 8 nitrogen and oxygen atoms in total. The monoisotopic (exact) mass is 312 g/mol. The Labute approximate surface area is 124 Å². The molecule has 1 saturated carbocycles. The first-order valence-corrected chi connectivity index (χ1v) is 8.88. The van der Waals surface area contributed by atoms with E-state index in [2.05, 4.69) is 20.3 Å². The van der Waals surface area contributed by atoms with Gasteiger partial charge in [-0.15, -0.1) is 0 Å². The van der Waals surface area contributed by atoms with E-state index in [1.165, 1.54) is 10.6 Å². The van der Waals surface area contributed by atoms with Crippen LogP contribution in [0.2, 0.25) is 0 Å². The van der Waals surface area contributed by atoms with Gasteiger partial charge in [0.25, 0.3) is 0 Å². The number of hydrazine groups is 1. The van der Waals surface area contributed by atoms with E-state index in [4.69, 9.17) is 5.84 Å². The van der Waals surface area contributed by atoms with Gasteiger partial charge in [-0.1, -0.05) is 0 Å². The number of nitrogens with two attached hydrogens (primary N) is 1. The molecule has 1 aromatic rings. The molecule has 2 aliphatic rings. The maximum absolute atomic E-state index is 11.5. The molecule has 21 heavy (non-hydrogen) atoms. The number of hydrogen-bond acceptors (Lipinski definition) is 7. The van der Waals surface area contributed by atoms with E-state index < -0.39 is 10.0 Å². The summed E-state index contributed by atoms with van der Waals surface area (Å²) in [5.41, 5.74) is 2.58. The Bertz CT molecular complexity index is 623. The minimum Gasteiger partial charge on any atom is -0.354 e. The second kappa shape index (κ2) is 5.39. The van der Waals surface area contributed by atoms with Crippen molar-refractivity contribution in [3.05, 3.63) is 11.9 Å². The van der Waals surface area contributed by atoms with Gasteiger partial charge in [-0.25, -0.2) is 24.2 Å². The van der Waals surface area contributed by atoms with Crippen molar-refractivity contribution in [3.8, 4) is 0 Å². The largest absolute Gasteiger partial charge is 0.354 e. The van der Waals surface area contributed by atoms with Crippen molar-refractivity contribution in [2.45, 2.75) is 18.8 Å². The molecule has 1 aliphatic heterocycles. The van der Waals surface area contributed by atoms with Crippen molar-refractivity contribution >= 4 is 21.7 Å². The van der Waals surface area contributed by atoms with Crippen molar-refractivity contribution < 1.29 is 8.42 Å². The zero-order valence-corrected chi connectivity index (χ0v) is 12.8. The van der Waals surface area contributed by atoms with E-state index in [9.17, 15) is 8.42 Å². The fraction of sp³-hybridized carbons (Fsp3) is 0.667. The van der Waals surface area contributed by atoms with Crippen LogP contribution < -0.4 is 16.2 Å². The number of rotatable bonds is 4. The molecule has 116 valence electrons. The summed E-state index contributed by atoms with van der Waals surface area (Å²) in [7, 11) is -3.11. The van der Waals surface area contributed by atoms with E-state index in [1.807, 2.05) is 6.07 Å². The average molecular weight is 312 g/mol. The average Bonchev–Trinajstić information content (AvgIpc) is 3.30. The van der Waals surface area contributed by atoms with Gasteiger partial charge in [-0.3, -0.25) is 0 Å². The number of nitrogens with zero attached hydrogens (tertiary/aromatic N) is 4. The first-order chi connectivity index (χ1) is 9.97. The van der Waals surface area contributed by atoms with E-state index in [-0.39, 0.29) is 0 Å². The molecular formula is C12H20N6O2S. The predicted octanol–water partition coefficient (Wildman–Crippen LogP) is -0.279. The Morgan fingerprint density at radius 2 is 1.90 bits per heavy atom. The third-order valence-electron chi connectivity index (χ3n) is 3.85. The topological polar surface area (TPSA) is 104 Å². The third kappa shape index (κ3) is 3.25. The van der Waals surface area contributed by atoms with Gasteiger partial charge in [0.15, 0.2) is 0 Å². The predicted molar refractivity (Wildman–Crippen MR) is 80.4 cm³/mol. The lowest BCUT2D eigenvalue weighted by Gasteiger charge is -2.34. The molecule has 0 amide bonds. The van der Waals surface area contributed by atoms with Crippen LogP contribution in [0.5, 0.6) is 0 Å². The number of sulfonamides is 1. The van der Waals surface area contributed by atoms with Gasteiger partial charge in [0.05, 0.1) is 6.26 Å². The van der Waals surface area contributed by atoms with Gasteiger partial charge < -0.3 is 10.3 Å². The molecule has 1 aromatic heterocycles. The summed E-state index contributed by atoms with van der Waals surface area (Å²) in [6, 6.07) is 1.81. The Morgan fingerprint density at radius 1 is 1.24 bits per heavy atom. The van der Waals surface area contributed by atoms with Crippen LogP contribution in [-0.4, -0.2) is 55.1 Å². The Morgan fingerprint density at radius 3 is 2.43 bits per heavy atom. The summed E-state index contributed by atoms with van der Waals surface area (Å²) >= 11 is 0. The molecule has 0 spiro atoms. The Balaban J connectivity index is 1.77. The Hall–Kier alpha value is -1.45. The highest BCUT2D eigenvalue weighted by molar-refractivity contribution is 7.88. The quantitative estimate of drug-likeness (QED) is 0.582. The van der Waals surface area contributed by atoms with Gasteiger partial charge in [0.2, 0.25) is 10.0 Å². The molecule has 0 unspecified atom stereocenters. The number of aromatic nitrogens is 2. The van der Waals surface area contributed by atoms with Crippen LogP contribution in [-0.2, 0) is 10.0 Å². The number of anilines is 2. The Kier molecular flexibility index (Phi) is 3.72. The molecule has 0 atom stereocenters. The molecule has 3 rings (SSSR count). The SMILES string of the molecule is CS(=O)(=O)N1CCN(c2cc(NN)nc(C3CC3)n2)CC1. The van der Waals surface area contributed by atoms with Gasteiger partial charge in [0, 0.05) is 38.2 Å². The highest BCUT2D eigenvalue weighted by atomic mass is 32.2. The van der Waals surface area contributed by atoms with Gasteiger partial charge in [0.1, 0.15) is 17.5 Å². The second-order valence-electron chi connectivity index (χ2n) is 5.54. The highest BCUT2D eigenvalue weighted by Gasteiger charge is 2.29. The maximum atomic E-state index is 11.5. The molecule has 2 fully saturated rings. The van der Waals surface area contributed by atoms with E-state index in [0.717, 1.165) is 24.5 Å². The van der Waals surface area contributed by atoms with E-state index in [1.54, 1.807) is 0 Å². The van der Waals surface area contributed by atoms with Gasteiger partial charge >= 0.3 is 0 Å². The van der Waals surface area contributed by atoms with Crippen molar-refractivity contribution in [1.29, 1.82) is 0 Å². The summed E-state index contributed by atoms with van der Waals surface area (Å²) < 4.78 is 24.6. The van der Waals surface area contributed by atoms with E-state index >= 15 is 0 Å². The first kappa shape index (κ1) is 14.5. The summed E-state index contributed by atoms with van der Waals surface area (Å²) in [5, 5.41) is 0. The number of hydrogen-bond donors (Lipinski definition) is 2. The maximum Gasteiger partial charge on any atom is 0.211 e. The fourth-order valence-corrected chi connectivity index (χ4v) is 3.29. The van der Waals surface area contributed by atoms with Crippen LogP contribution in [0.1, 0.15) is 24.6 Å². The lowest BCUT2D eigenvalue weighted by atomic mass is 10.3. The zero-order valence-electron chi connectivity index (χ0n) is 12.0. The highest BCUT2D eigenvalue weighted by Crippen LogP contribution is 2.39. The molecule has 0 bridgehead atoms. The molecule has 1 aliphatic carbocycles. The van der Waals surface area contributed by atoms with Crippen LogP contribution in [0.15, 0.2) is 6.07 Å². The number of piperazine rings is 1. The molecular weight excluding hydrogens is 292 g/mol. The third-order valence-corrected chi connectivity index (χ3v) is 5.16. The molecule has 3 N–H and O–H groups in total. The smallest absolute Gasteiger partial charge is 0.211 e. The zero-order chi connectivity index (χ0) is 15.0. The summed E-state index contributed by atoms with van der Waals surface area (Å²) in [6.45, 7) is 2.20. The minimum absolute atomic E-state index is 0.439. The molecule has 0 radical (unpaired) electrons. The van der Waals surface area contributed by atoms with Gasteiger partial charge in [-0.05, 0) is 12.8 Å². The number of nitrogen functional groups attached to an aromatic ring is 1. The summed E-state index contributed by atoms with van der Waals surface area (Å²) in [5.74, 6) is 8.15. The normalized spacial score (nSPS) is 20.6. The van der Waals surface area contributed by atoms with Crippen LogP contribution in [0.3, 0.4) is 0 Å².